The maximum Gasteiger partial charge on any atom is 0.280 e. The number of nitrogens with zero attached hydrogens (tertiary/aromatic N) is 7. The van der Waals surface area contributed by atoms with Crippen LogP contribution in [0.25, 0.3) is 44.7 Å². The summed E-state index contributed by atoms with van der Waals surface area (Å²) < 4.78 is 38.2. The molecule has 0 unspecified atom stereocenters. The summed E-state index contributed by atoms with van der Waals surface area (Å²) in [6, 6.07) is 16.2. The van der Waals surface area contributed by atoms with E-state index < -0.39 is 27.1 Å². The van der Waals surface area contributed by atoms with Gasteiger partial charge in [0.2, 0.25) is 11.5 Å². The number of nitro benzene ring substituents is 2. The molecule has 0 amide bonds. The third kappa shape index (κ3) is 6.89. The van der Waals surface area contributed by atoms with E-state index in [1.807, 2.05) is 0 Å². The first-order chi connectivity index (χ1) is 26.0. The molecule has 2 aromatic heterocycles. The summed E-state index contributed by atoms with van der Waals surface area (Å²) in [5, 5.41) is 28.3. The van der Waals surface area contributed by atoms with Crippen molar-refractivity contribution in [2.45, 2.75) is 0 Å². The van der Waals surface area contributed by atoms with E-state index in [2.05, 4.69) is 14.5 Å². The predicted octanol–water partition coefficient (Wildman–Crippen LogP) is 6.35. The molecule has 0 bridgehead atoms. The molecule has 276 valence electrons. The molecule has 0 N–H and O–H groups in total. The van der Waals surface area contributed by atoms with Crippen LogP contribution in [0.1, 0.15) is 10.4 Å². The van der Waals surface area contributed by atoms with Gasteiger partial charge in [0.25, 0.3) is 17.3 Å². The zero-order valence-electron chi connectivity index (χ0n) is 29.4. The smallest absolute Gasteiger partial charge is 0.280 e. The van der Waals surface area contributed by atoms with Crippen molar-refractivity contribution < 1.29 is 43.1 Å². The SMILES string of the molecule is COc1cc(-c2nsc(-c3ccc(-c4nc(-c5cc(OC)c(OC)c(OC)c5)n(C(=O)c5cc([N+](=O)[O-])cc([N+](=O)[O-])c5)n4)cc3)n2)cc(OC)c1OC. The van der Waals surface area contributed by atoms with E-state index in [0.717, 1.165) is 28.4 Å². The highest BCUT2D eigenvalue weighted by atomic mass is 32.1. The van der Waals surface area contributed by atoms with Gasteiger partial charge in [0.1, 0.15) is 5.01 Å². The topological polar surface area (TPSA) is 215 Å². The first kappa shape index (κ1) is 36.6. The van der Waals surface area contributed by atoms with Crippen molar-refractivity contribution in [3.05, 3.63) is 92.5 Å². The Hall–Kier alpha value is -7.15. The molecule has 0 saturated carbocycles. The lowest BCUT2D eigenvalue weighted by atomic mass is 10.1. The van der Waals surface area contributed by atoms with Crippen LogP contribution in [0.4, 0.5) is 11.4 Å². The van der Waals surface area contributed by atoms with Crippen LogP contribution in [0.5, 0.6) is 34.5 Å². The summed E-state index contributed by atoms with van der Waals surface area (Å²) in [6.07, 6.45) is 0. The van der Waals surface area contributed by atoms with Crippen LogP contribution in [0, 0.1) is 20.2 Å². The summed E-state index contributed by atoms with van der Waals surface area (Å²) in [7, 11) is 8.81. The molecule has 19 heteroatoms. The van der Waals surface area contributed by atoms with Gasteiger partial charge in [0.05, 0.1) is 64.1 Å². The van der Waals surface area contributed by atoms with Crippen LogP contribution in [0.15, 0.2) is 66.7 Å². The summed E-state index contributed by atoms with van der Waals surface area (Å²) in [5.41, 5.74) is 0.483. The maximum atomic E-state index is 14.0. The monoisotopic (exact) mass is 755 g/mol. The number of aromatic nitrogens is 5. The molecule has 0 aliphatic carbocycles. The zero-order chi connectivity index (χ0) is 38.7. The Morgan fingerprint density at radius 2 is 1.09 bits per heavy atom. The minimum Gasteiger partial charge on any atom is -0.493 e. The number of carbonyl (C=O) groups excluding carboxylic acids is 1. The van der Waals surface area contributed by atoms with Crippen molar-refractivity contribution >= 4 is 28.8 Å². The Morgan fingerprint density at radius 3 is 1.56 bits per heavy atom. The second kappa shape index (κ2) is 15.2. The molecule has 0 spiro atoms. The molecule has 0 radical (unpaired) electrons. The molecule has 6 rings (SSSR count). The summed E-state index contributed by atoms with van der Waals surface area (Å²) in [6.45, 7) is 0. The lowest BCUT2D eigenvalue weighted by Crippen LogP contribution is -2.16. The minimum atomic E-state index is -0.922. The lowest BCUT2D eigenvalue weighted by Gasteiger charge is -2.14. The van der Waals surface area contributed by atoms with Gasteiger partial charge in [-0.3, -0.25) is 25.0 Å². The standard InChI is InChI=1S/C35H29N7O11S/c1-48-25-13-20(14-26(49-2)29(25)52-5)32-37-34(54-39-32)19-9-7-18(8-10-19)31-36-33(21-15-27(50-3)30(53-6)28(16-21)51-4)40(38-31)35(43)22-11-23(41(44)45)17-24(12-22)42(46)47/h7-17H,1-6H3. The second-order valence-electron chi connectivity index (χ2n) is 11.1. The molecule has 0 atom stereocenters. The average molecular weight is 756 g/mol. The first-order valence-corrected chi connectivity index (χ1v) is 16.3. The van der Waals surface area contributed by atoms with E-state index in [0.29, 0.717) is 44.8 Å². The van der Waals surface area contributed by atoms with E-state index in [9.17, 15) is 25.0 Å². The fraction of sp³-hybridized carbons (Fsp3) is 0.171. The quantitative estimate of drug-likeness (QED) is 0.0926. The fourth-order valence-electron chi connectivity index (χ4n) is 5.45. The van der Waals surface area contributed by atoms with Crippen LogP contribution < -0.4 is 28.4 Å². The lowest BCUT2D eigenvalue weighted by molar-refractivity contribution is -0.394. The molecule has 18 nitrogen and oxygen atoms in total. The van der Waals surface area contributed by atoms with Crippen LogP contribution in [0.2, 0.25) is 0 Å². The normalized spacial score (nSPS) is 10.8. The number of methoxy groups -OCH3 is 6. The highest BCUT2D eigenvalue weighted by molar-refractivity contribution is 7.09. The molecule has 0 saturated heterocycles. The Balaban J connectivity index is 1.42. The maximum absolute atomic E-state index is 14.0. The number of non-ortho nitro benzene ring substituents is 2. The molecule has 2 heterocycles. The number of nitro groups is 2. The zero-order valence-corrected chi connectivity index (χ0v) is 30.2. The second-order valence-corrected chi connectivity index (χ2v) is 11.8. The predicted molar refractivity (Wildman–Crippen MR) is 194 cm³/mol. The Morgan fingerprint density at radius 1 is 0.611 bits per heavy atom. The first-order valence-electron chi connectivity index (χ1n) is 15.5. The Bertz CT molecular complexity index is 2330. The van der Waals surface area contributed by atoms with E-state index in [-0.39, 0.29) is 34.5 Å². The molecular formula is C35H29N7O11S. The molecule has 0 aliphatic heterocycles. The van der Waals surface area contributed by atoms with Gasteiger partial charge in [-0.1, -0.05) is 24.3 Å². The van der Waals surface area contributed by atoms with Crippen LogP contribution >= 0.6 is 11.5 Å². The van der Waals surface area contributed by atoms with Gasteiger partial charge >= 0.3 is 0 Å². The highest BCUT2D eigenvalue weighted by Crippen LogP contribution is 2.43. The van der Waals surface area contributed by atoms with Crippen LogP contribution in [-0.4, -0.2) is 82.5 Å². The number of hydrogen-bond acceptors (Lipinski definition) is 16. The third-order valence-corrected chi connectivity index (χ3v) is 8.80. The number of hydrogen-bond donors (Lipinski definition) is 0. The van der Waals surface area contributed by atoms with Crippen molar-refractivity contribution in [2.75, 3.05) is 42.7 Å². The van der Waals surface area contributed by atoms with Crippen molar-refractivity contribution in [3.8, 4) is 79.2 Å². The fourth-order valence-corrected chi connectivity index (χ4v) is 6.14. The van der Waals surface area contributed by atoms with Gasteiger partial charge < -0.3 is 28.4 Å². The van der Waals surface area contributed by atoms with Crippen LogP contribution in [-0.2, 0) is 0 Å². The number of benzene rings is 4. The van der Waals surface area contributed by atoms with Crippen molar-refractivity contribution in [3.63, 3.8) is 0 Å². The summed E-state index contributed by atoms with van der Waals surface area (Å²) in [4.78, 5) is 45.0. The van der Waals surface area contributed by atoms with E-state index in [4.69, 9.17) is 33.4 Å². The van der Waals surface area contributed by atoms with Gasteiger partial charge in [-0.15, -0.1) is 5.10 Å². The highest BCUT2D eigenvalue weighted by Gasteiger charge is 2.27. The molecule has 0 fully saturated rings. The number of rotatable bonds is 13. The largest absolute Gasteiger partial charge is 0.493 e. The van der Waals surface area contributed by atoms with Gasteiger partial charge in [0, 0.05) is 34.4 Å². The van der Waals surface area contributed by atoms with Gasteiger partial charge in [0.15, 0.2) is 40.5 Å². The molecule has 0 aliphatic rings. The van der Waals surface area contributed by atoms with E-state index in [1.165, 1.54) is 54.2 Å². The molecule has 54 heavy (non-hydrogen) atoms. The molecular weight excluding hydrogens is 726 g/mol. The average Bonchev–Trinajstić information content (AvgIpc) is 3.88. The van der Waals surface area contributed by atoms with Crippen molar-refractivity contribution in [1.29, 1.82) is 0 Å². The van der Waals surface area contributed by atoms with Gasteiger partial charge in [-0.2, -0.15) is 9.06 Å². The van der Waals surface area contributed by atoms with E-state index in [1.54, 1.807) is 48.5 Å². The third-order valence-electron chi connectivity index (χ3n) is 8.03. The van der Waals surface area contributed by atoms with Gasteiger partial charge in [-0.25, -0.2) is 9.97 Å². The van der Waals surface area contributed by atoms with Crippen LogP contribution in [0.3, 0.4) is 0 Å². The summed E-state index contributed by atoms with van der Waals surface area (Å²) >= 11 is 1.17. The van der Waals surface area contributed by atoms with Crippen molar-refractivity contribution in [1.82, 2.24) is 24.1 Å². The van der Waals surface area contributed by atoms with Gasteiger partial charge in [-0.05, 0) is 35.8 Å². The van der Waals surface area contributed by atoms with Crippen molar-refractivity contribution in [2.24, 2.45) is 0 Å². The Labute approximate surface area is 309 Å². The number of ether oxygens (including phenoxy) is 6. The minimum absolute atomic E-state index is 0.0217. The molecule has 6 aromatic rings. The molecule has 4 aromatic carbocycles. The Kier molecular flexibility index (Phi) is 10.3. The summed E-state index contributed by atoms with van der Waals surface area (Å²) in [5.74, 6) is 1.69. The van der Waals surface area contributed by atoms with E-state index >= 15 is 0 Å². The number of carbonyl (C=O) groups is 1.